The maximum atomic E-state index is 11.3. The fourth-order valence-electron chi connectivity index (χ4n) is 2.40. The summed E-state index contributed by atoms with van der Waals surface area (Å²) in [4.78, 5) is 13.6. The van der Waals surface area contributed by atoms with Crippen molar-refractivity contribution >= 4 is 21.9 Å². The molecule has 1 aliphatic rings. The summed E-state index contributed by atoms with van der Waals surface area (Å²) in [5, 5.41) is 0. The molecule has 0 aliphatic carbocycles. The molecule has 4 heteroatoms. The van der Waals surface area contributed by atoms with Gasteiger partial charge in [-0.25, -0.2) is 0 Å². The number of likely N-dealkylation sites (tertiary alicyclic amines) is 1. The van der Waals surface area contributed by atoms with Crippen molar-refractivity contribution in [2.24, 2.45) is 5.92 Å². The Morgan fingerprint density at radius 2 is 2.22 bits per heavy atom. The van der Waals surface area contributed by atoms with E-state index in [0.717, 1.165) is 26.1 Å². The van der Waals surface area contributed by atoms with E-state index in [1.165, 1.54) is 22.7 Å². The third-order valence-corrected chi connectivity index (χ3v) is 4.20. The van der Waals surface area contributed by atoms with E-state index < -0.39 is 0 Å². The van der Waals surface area contributed by atoms with E-state index in [1.54, 1.807) is 0 Å². The van der Waals surface area contributed by atoms with E-state index in [0.29, 0.717) is 0 Å². The lowest BCUT2D eigenvalue weighted by Gasteiger charge is -2.37. The van der Waals surface area contributed by atoms with Gasteiger partial charge >= 0.3 is 5.97 Å². The van der Waals surface area contributed by atoms with Gasteiger partial charge in [0, 0.05) is 24.1 Å². The number of nitrogens with zero attached hydrogens (tertiary/aromatic N) is 1. The molecule has 0 bridgehead atoms. The highest BCUT2D eigenvalue weighted by molar-refractivity contribution is 9.10. The zero-order chi connectivity index (χ0) is 13.1. The van der Waals surface area contributed by atoms with Crippen molar-refractivity contribution in [1.82, 2.24) is 4.90 Å². The van der Waals surface area contributed by atoms with E-state index in [4.69, 9.17) is 4.74 Å². The minimum Gasteiger partial charge on any atom is -0.469 e. The molecule has 1 heterocycles. The van der Waals surface area contributed by atoms with Crippen molar-refractivity contribution in [3.05, 3.63) is 33.8 Å². The number of rotatable bonds is 4. The summed E-state index contributed by atoms with van der Waals surface area (Å²) in [5.74, 6) is -0.0246. The minimum absolute atomic E-state index is 0.0622. The SMILES string of the molecule is CCc1c(Br)cccc1CN1CC(C(=O)OC)C1. The number of esters is 1. The lowest BCUT2D eigenvalue weighted by molar-refractivity contribution is -0.151. The van der Waals surface area contributed by atoms with E-state index in [-0.39, 0.29) is 11.9 Å². The van der Waals surface area contributed by atoms with E-state index >= 15 is 0 Å². The molecule has 3 nitrogen and oxygen atoms in total. The lowest BCUT2D eigenvalue weighted by Crippen LogP contribution is -2.50. The molecule has 0 atom stereocenters. The van der Waals surface area contributed by atoms with Crippen molar-refractivity contribution < 1.29 is 9.53 Å². The molecule has 0 aromatic heterocycles. The number of methoxy groups -OCH3 is 1. The highest BCUT2D eigenvalue weighted by atomic mass is 79.9. The molecule has 0 unspecified atom stereocenters. The topological polar surface area (TPSA) is 29.5 Å². The smallest absolute Gasteiger partial charge is 0.311 e. The monoisotopic (exact) mass is 311 g/mol. The first kappa shape index (κ1) is 13.6. The van der Waals surface area contributed by atoms with Crippen LogP contribution in [0.1, 0.15) is 18.1 Å². The zero-order valence-electron chi connectivity index (χ0n) is 10.8. The van der Waals surface area contributed by atoms with Gasteiger partial charge < -0.3 is 4.74 Å². The molecule has 0 saturated carbocycles. The number of hydrogen-bond donors (Lipinski definition) is 0. The van der Waals surface area contributed by atoms with Gasteiger partial charge in [0.15, 0.2) is 0 Å². The van der Waals surface area contributed by atoms with Gasteiger partial charge in [-0.1, -0.05) is 35.0 Å². The van der Waals surface area contributed by atoms with Crippen LogP contribution in [0.4, 0.5) is 0 Å². The summed E-state index contributed by atoms with van der Waals surface area (Å²) in [6.45, 7) is 4.69. The predicted octanol–water partition coefficient (Wildman–Crippen LogP) is 2.62. The van der Waals surface area contributed by atoms with Gasteiger partial charge in [0.05, 0.1) is 13.0 Å². The van der Waals surface area contributed by atoms with Crippen LogP contribution in [0.25, 0.3) is 0 Å². The number of hydrogen-bond acceptors (Lipinski definition) is 3. The molecular formula is C14H18BrNO2. The largest absolute Gasteiger partial charge is 0.469 e. The van der Waals surface area contributed by atoms with Crippen molar-refractivity contribution in [2.75, 3.05) is 20.2 Å². The molecule has 2 rings (SSSR count). The molecular weight excluding hydrogens is 294 g/mol. The van der Waals surface area contributed by atoms with E-state index in [1.807, 2.05) is 0 Å². The average Bonchev–Trinajstić information content (AvgIpc) is 2.32. The Morgan fingerprint density at radius 3 is 2.83 bits per heavy atom. The van der Waals surface area contributed by atoms with Gasteiger partial charge in [0.2, 0.25) is 0 Å². The van der Waals surface area contributed by atoms with Gasteiger partial charge in [0.1, 0.15) is 0 Å². The van der Waals surface area contributed by atoms with Crippen LogP contribution in [0.15, 0.2) is 22.7 Å². The van der Waals surface area contributed by atoms with Crippen molar-refractivity contribution in [1.29, 1.82) is 0 Å². The Hall–Kier alpha value is -0.870. The molecule has 1 saturated heterocycles. The van der Waals surface area contributed by atoms with Gasteiger partial charge in [-0.05, 0) is 23.6 Å². The van der Waals surface area contributed by atoms with Gasteiger partial charge in [-0.15, -0.1) is 0 Å². The van der Waals surface area contributed by atoms with Crippen LogP contribution in [-0.4, -0.2) is 31.1 Å². The van der Waals surface area contributed by atoms with Crippen molar-refractivity contribution in [3.8, 4) is 0 Å². The van der Waals surface area contributed by atoms with Crippen LogP contribution < -0.4 is 0 Å². The van der Waals surface area contributed by atoms with Crippen LogP contribution in [0.5, 0.6) is 0 Å². The molecule has 0 radical (unpaired) electrons. The van der Waals surface area contributed by atoms with E-state index in [2.05, 4.69) is 46.0 Å². The number of halogens is 1. The number of carbonyl (C=O) groups is 1. The molecule has 0 spiro atoms. The van der Waals surface area contributed by atoms with Crippen molar-refractivity contribution in [3.63, 3.8) is 0 Å². The maximum Gasteiger partial charge on any atom is 0.311 e. The lowest BCUT2D eigenvalue weighted by atomic mass is 9.97. The van der Waals surface area contributed by atoms with Crippen LogP contribution in [-0.2, 0) is 22.5 Å². The third-order valence-electron chi connectivity index (χ3n) is 3.46. The second kappa shape index (κ2) is 5.85. The van der Waals surface area contributed by atoms with Crippen LogP contribution >= 0.6 is 15.9 Å². The summed E-state index contributed by atoms with van der Waals surface area (Å²) in [7, 11) is 1.45. The minimum atomic E-state index is -0.0868. The van der Waals surface area contributed by atoms with Gasteiger partial charge in [-0.2, -0.15) is 0 Å². The number of benzene rings is 1. The standard InChI is InChI=1S/C14H18BrNO2/c1-3-12-10(5-4-6-13(12)15)7-16-8-11(9-16)14(17)18-2/h4-6,11H,3,7-9H2,1-2H3. The summed E-state index contributed by atoms with van der Waals surface area (Å²) in [5.41, 5.74) is 2.70. The van der Waals surface area contributed by atoms with Crippen LogP contribution in [0, 0.1) is 5.92 Å². The summed E-state index contributed by atoms with van der Waals surface area (Å²) >= 11 is 3.59. The molecule has 0 amide bonds. The molecule has 98 valence electrons. The number of carbonyl (C=O) groups excluding carboxylic acids is 1. The molecule has 0 N–H and O–H groups in total. The summed E-state index contributed by atoms with van der Waals surface area (Å²) in [6, 6.07) is 6.31. The first-order chi connectivity index (χ1) is 8.65. The second-order valence-corrected chi connectivity index (χ2v) is 5.50. The van der Waals surface area contributed by atoms with Gasteiger partial charge in [0.25, 0.3) is 0 Å². The molecule has 1 aliphatic heterocycles. The van der Waals surface area contributed by atoms with Crippen molar-refractivity contribution in [2.45, 2.75) is 19.9 Å². The maximum absolute atomic E-state index is 11.3. The zero-order valence-corrected chi connectivity index (χ0v) is 12.4. The molecule has 18 heavy (non-hydrogen) atoms. The Labute approximate surface area is 116 Å². The highest BCUT2D eigenvalue weighted by Crippen LogP contribution is 2.25. The highest BCUT2D eigenvalue weighted by Gasteiger charge is 2.33. The Kier molecular flexibility index (Phi) is 4.40. The summed E-state index contributed by atoms with van der Waals surface area (Å²) in [6.07, 6.45) is 1.02. The Bertz CT molecular complexity index is 441. The quantitative estimate of drug-likeness (QED) is 0.801. The first-order valence-corrected chi connectivity index (χ1v) is 7.01. The molecule has 1 aromatic carbocycles. The first-order valence-electron chi connectivity index (χ1n) is 6.22. The molecule has 1 fully saturated rings. The summed E-state index contributed by atoms with van der Waals surface area (Å²) < 4.78 is 5.92. The number of ether oxygens (including phenoxy) is 1. The second-order valence-electron chi connectivity index (χ2n) is 4.65. The normalized spacial score (nSPS) is 16.4. The predicted molar refractivity (Wildman–Crippen MR) is 74.3 cm³/mol. The molecule has 1 aromatic rings. The van der Waals surface area contributed by atoms with E-state index in [9.17, 15) is 4.79 Å². The fraction of sp³-hybridized carbons (Fsp3) is 0.500. The third kappa shape index (κ3) is 2.75. The Balaban J connectivity index is 1.96. The van der Waals surface area contributed by atoms with Crippen LogP contribution in [0.2, 0.25) is 0 Å². The fourth-order valence-corrected chi connectivity index (χ4v) is 3.09. The Morgan fingerprint density at radius 1 is 1.50 bits per heavy atom. The van der Waals surface area contributed by atoms with Gasteiger partial charge in [-0.3, -0.25) is 9.69 Å². The van der Waals surface area contributed by atoms with Crippen LogP contribution in [0.3, 0.4) is 0 Å². The average molecular weight is 312 g/mol.